The number of fused-ring (bicyclic) bond motifs is 8. The van der Waals surface area contributed by atoms with Gasteiger partial charge in [-0.2, -0.15) is 0 Å². The smallest absolute Gasteiger partial charge is 0.00199 e. The lowest BCUT2D eigenvalue weighted by Gasteiger charge is -2.07. The number of hydrogen-bond acceptors (Lipinski definition) is 0. The molecule has 36 heavy (non-hydrogen) atoms. The van der Waals surface area contributed by atoms with E-state index >= 15 is 0 Å². The molecule has 0 heteroatoms. The van der Waals surface area contributed by atoms with E-state index in [2.05, 4.69) is 121 Å². The maximum Gasteiger partial charge on any atom is -0.00199 e. The van der Waals surface area contributed by atoms with Gasteiger partial charge in [0.15, 0.2) is 0 Å². The second-order valence-electron chi connectivity index (χ2n) is 10.1. The molecule has 0 radical (unpaired) electrons. The van der Waals surface area contributed by atoms with Crippen molar-refractivity contribution in [2.45, 2.75) is 0 Å². The Balaban J connectivity index is 1.47. The predicted molar refractivity (Wildman–Crippen MR) is 157 cm³/mol. The lowest BCUT2D eigenvalue weighted by atomic mass is 9.96. The van der Waals surface area contributed by atoms with Gasteiger partial charge in [-0.15, -0.1) is 0 Å². The zero-order valence-corrected chi connectivity index (χ0v) is 19.5. The maximum atomic E-state index is 2.45. The predicted octanol–water partition coefficient (Wildman–Crippen LogP) is 10.3. The van der Waals surface area contributed by atoms with Crippen molar-refractivity contribution >= 4 is 75.4 Å². The van der Waals surface area contributed by atoms with Gasteiger partial charge in [0.2, 0.25) is 0 Å². The van der Waals surface area contributed by atoms with E-state index < -0.39 is 0 Å². The molecule has 0 amide bonds. The van der Waals surface area contributed by atoms with Gasteiger partial charge in [0.25, 0.3) is 0 Å². The average Bonchev–Trinajstić information content (AvgIpc) is 3.43. The van der Waals surface area contributed by atoms with Crippen LogP contribution in [0.2, 0.25) is 0 Å². The molecule has 0 aromatic heterocycles. The largest absolute Gasteiger partial charge is 0.0622 e. The molecule has 0 bridgehead atoms. The molecular formula is C36H20. The van der Waals surface area contributed by atoms with Crippen molar-refractivity contribution in [1.82, 2.24) is 0 Å². The third-order valence-corrected chi connectivity index (χ3v) is 8.33. The van der Waals surface area contributed by atoms with Crippen LogP contribution in [0.1, 0.15) is 0 Å². The van der Waals surface area contributed by atoms with Gasteiger partial charge >= 0.3 is 0 Å². The number of hydrogen-bond donors (Lipinski definition) is 0. The van der Waals surface area contributed by atoms with E-state index in [4.69, 9.17) is 0 Å². The van der Waals surface area contributed by atoms with Crippen LogP contribution in [-0.2, 0) is 0 Å². The highest BCUT2D eigenvalue weighted by Gasteiger charge is 2.18. The van der Waals surface area contributed by atoms with Gasteiger partial charge in [0, 0.05) is 0 Å². The molecule has 0 unspecified atom stereocenters. The van der Waals surface area contributed by atoms with Gasteiger partial charge in [-0.3, -0.25) is 0 Å². The highest BCUT2D eigenvalue weighted by molar-refractivity contribution is 6.38. The number of rotatable bonds is 1. The van der Waals surface area contributed by atoms with Crippen molar-refractivity contribution in [3.05, 3.63) is 121 Å². The van der Waals surface area contributed by atoms with E-state index in [0.717, 1.165) is 0 Å². The topological polar surface area (TPSA) is 0 Å². The SMILES string of the molecule is c1ccc(-c2ccc3c4cc5cc6c7ccccc7c7cccc(c5cc4c4cccc2c34)c76)cc1. The van der Waals surface area contributed by atoms with Crippen LogP contribution in [0.4, 0.5) is 0 Å². The summed E-state index contributed by atoms with van der Waals surface area (Å²) in [6.07, 6.45) is 0. The number of benzene rings is 7. The Morgan fingerprint density at radius 3 is 1.61 bits per heavy atom. The molecule has 0 saturated carbocycles. The van der Waals surface area contributed by atoms with E-state index in [0.29, 0.717) is 0 Å². The van der Waals surface area contributed by atoms with Crippen LogP contribution in [-0.4, -0.2) is 0 Å². The van der Waals surface area contributed by atoms with Crippen molar-refractivity contribution < 1.29 is 0 Å². The third-order valence-electron chi connectivity index (χ3n) is 8.33. The molecule has 9 aromatic rings. The summed E-state index contributed by atoms with van der Waals surface area (Å²) in [5, 5.41) is 19.0. The van der Waals surface area contributed by atoms with Crippen LogP contribution in [0.3, 0.4) is 0 Å². The molecule has 0 aliphatic heterocycles. The molecule has 0 aliphatic rings. The van der Waals surface area contributed by atoms with Gasteiger partial charge < -0.3 is 0 Å². The molecule has 164 valence electrons. The van der Waals surface area contributed by atoms with E-state index in [1.54, 1.807) is 0 Å². The first kappa shape index (κ1) is 18.6. The molecule has 0 atom stereocenters. The molecule has 0 N–H and O–H groups in total. The molecule has 0 saturated heterocycles. The van der Waals surface area contributed by atoms with Gasteiger partial charge in [-0.25, -0.2) is 0 Å². The van der Waals surface area contributed by atoms with Crippen molar-refractivity contribution in [3.8, 4) is 11.1 Å². The highest BCUT2D eigenvalue weighted by atomic mass is 14.2. The summed E-state index contributed by atoms with van der Waals surface area (Å²) in [5.74, 6) is 0. The lowest BCUT2D eigenvalue weighted by molar-refractivity contribution is 1.67. The first-order valence-electron chi connectivity index (χ1n) is 12.6. The van der Waals surface area contributed by atoms with Crippen molar-refractivity contribution in [3.63, 3.8) is 0 Å². The van der Waals surface area contributed by atoms with Crippen LogP contribution in [0, 0.1) is 0 Å². The maximum absolute atomic E-state index is 2.45. The second kappa shape index (κ2) is 6.50. The highest BCUT2D eigenvalue weighted by Crippen LogP contribution is 2.46. The molecule has 0 fully saturated rings. The fraction of sp³-hybridized carbons (Fsp3) is 0. The minimum atomic E-state index is 1.27. The van der Waals surface area contributed by atoms with Gasteiger partial charge in [0.1, 0.15) is 0 Å². The Hall–Kier alpha value is -4.68. The first-order valence-corrected chi connectivity index (χ1v) is 12.6. The zero-order valence-electron chi connectivity index (χ0n) is 19.5. The van der Waals surface area contributed by atoms with Crippen molar-refractivity contribution in [2.24, 2.45) is 0 Å². The fourth-order valence-corrected chi connectivity index (χ4v) is 6.82. The Bertz CT molecular complexity index is 2290. The summed E-state index contributed by atoms with van der Waals surface area (Å²) in [6, 6.07) is 45.1. The molecule has 9 rings (SSSR count). The molecule has 0 heterocycles. The Labute approximate surface area is 207 Å². The quantitative estimate of drug-likeness (QED) is 0.217. The van der Waals surface area contributed by atoms with Crippen LogP contribution in [0.25, 0.3) is 86.5 Å². The van der Waals surface area contributed by atoms with Crippen LogP contribution in [0.5, 0.6) is 0 Å². The summed E-state index contributed by atoms with van der Waals surface area (Å²) in [4.78, 5) is 0. The standard InChI is InChI=1S/C36H20/c1-2-8-21(9-3-1)23-16-17-30-32-18-22-19-34-25-11-5-4-10-24(25)27-13-7-14-28(36(27)34)31(22)20-33(32)29-15-6-12-26(23)35(29)30/h1-20H. The van der Waals surface area contributed by atoms with E-state index in [1.165, 1.54) is 86.5 Å². The second-order valence-corrected chi connectivity index (χ2v) is 10.1. The minimum absolute atomic E-state index is 1.27. The first-order chi connectivity index (χ1) is 17.9. The summed E-state index contributed by atoms with van der Waals surface area (Å²) in [7, 11) is 0. The zero-order chi connectivity index (χ0) is 23.4. The third kappa shape index (κ3) is 2.20. The van der Waals surface area contributed by atoms with Crippen LogP contribution < -0.4 is 0 Å². The van der Waals surface area contributed by atoms with Crippen molar-refractivity contribution in [2.75, 3.05) is 0 Å². The monoisotopic (exact) mass is 452 g/mol. The van der Waals surface area contributed by atoms with Gasteiger partial charge in [-0.05, 0) is 105 Å². The molecule has 9 aromatic carbocycles. The molecule has 0 aliphatic carbocycles. The lowest BCUT2D eigenvalue weighted by Crippen LogP contribution is -1.81. The van der Waals surface area contributed by atoms with Crippen molar-refractivity contribution in [1.29, 1.82) is 0 Å². The van der Waals surface area contributed by atoms with Crippen LogP contribution >= 0.6 is 0 Å². The Morgan fingerprint density at radius 1 is 0.278 bits per heavy atom. The fourth-order valence-electron chi connectivity index (χ4n) is 6.82. The minimum Gasteiger partial charge on any atom is -0.0622 e. The summed E-state index contributed by atoms with van der Waals surface area (Å²) >= 11 is 0. The van der Waals surface area contributed by atoms with Crippen LogP contribution in [0.15, 0.2) is 121 Å². The van der Waals surface area contributed by atoms with E-state index in [9.17, 15) is 0 Å². The van der Waals surface area contributed by atoms with E-state index in [-0.39, 0.29) is 0 Å². The summed E-state index contributed by atoms with van der Waals surface area (Å²) in [5.41, 5.74) is 2.57. The summed E-state index contributed by atoms with van der Waals surface area (Å²) < 4.78 is 0. The van der Waals surface area contributed by atoms with Gasteiger partial charge in [-0.1, -0.05) is 103 Å². The molecule has 0 spiro atoms. The van der Waals surface area contributed by atoms with Gasteiger partial charge in [0.05, 0.1) is 0 Å². The molecular weight excluding hydrogens is 432 g/mol. The Morgan fingerprint density at radius 2 is 0.806 bits per heavy atom. The Kier molecular flexibility index (Phi) is 3.36. The molecule has 0 nitrogen and oxygen atoms in total. The van der Waals surface area contributed by atoms with E-state index in [1.807, 2.05) is 0 Å². The average molecular weight is 453 g/mol. The summed E-state index contributed by atoms with van der Waals surface area (Å²) in [6.45, 7) is 0. The normalized spacial score (nSPS) is 12.4.